The second kappa shape index (κ2) is 10.1. The second-order valence-electron chi connectivity index (χ2n) is 7.39. The number of ether oxygens (including phenoxy) is 3. The predicted molar refractivity (Wildman–Crippen MR) is 115 cm³/mol. The summed E-state index contributed by atoms with van der Waals surface area (Å²) in [5.74, 6) is 1.21. The Morgan fingerprint density at radius 1 is 1.06 bits per heavy atom. The summed E-state index contributed by atoms with van der Waals surface area (Å²) in [5, 5.41) is 2.70. The number of likely N-dealkylation sites (tertiary alicyclic amines) is 1. The van der Waals surface area contributed by atoms with Crippen molar-refractivity contribution in [1.82, 2.24) is 10.2 Å². The zero-order valence-electron chi connectivity index (χ0n) is 18.3. The van der Waals surface area contributed by atoms with E-state index in [9.17, 15) is 9.59 Å². The van der Waals surface area contributed by atoms with Crippen molar-refractivity contribution in [2.24, 2.45) is 5.92 Å². The monoisotopic (exact) mass is 428 g/mol. The Balaban J connectivity index is 2.00. The molecule has 3 rings (SSSR count). The van der Waals surface area contributed by atoms with Crippen LogP contribution < -0.4 is 19.5 Å². The van der Waals surface area contributed by atoms with E-state index in [2.05, 4.69) is 12.2 Å². The molecule has 0 saturated carbocycles. The molecule has 2 aromatic rings. The van der Waals surface area contributed by atoms with E-state index in [1.54, 1.807) is 29.2 Å². The first-order valence-electron chi connectivity index (χ1n) is 10.1. The smallest absolute Gasteiger partial charge is 0.291 e. The molecule has 8 heteroatoms. The van der Waals surface area contributed by atoms with E-state index >= 15 is 0 Å². The average Bonchev–Trinajstić information content (AvgIpc) is 3.33. The number of methoxy groups -OCH3 is 3. The minimum absolute atomic E-state index is 0.116. The zero-order chi connectivity index (χ0) is 22.4. The van der Waals surface area contributed by atoms with Crippen LogP contribution in [-0.2, 0) is 4.79 Å². The summed E-state index contributed by atoms with van der Waals surface area (Å²) >= 11 is 0. The fourth-order valence-corrected chi connectivity index (χ4v) is 3.52. The van der Waals surface area contributed by atoms with Gasteiger partial charge in [-0.3, -0.25) is 9.59 Å². The van der Waals surface area contributed by atoms with Crippen molar-refractivity contribution in [3.8, 4) is 17.2 Å². The Kier molecular flexibility index (Phi) is 7.23. The van der Waals surface area contributed by atoms with Crippen LogP contribution in [0.25, 0.3) is 6.08 Å². The van der Waals surface area contributed by atoms with Crippen molar-refractivity contribution >= 4 is 17.9 Å². The first-order chi connectivity index (χ1) is 15.0. The number of hydrogen-bond acceptors (Lipinski definition) is 6. The van der Waals surface area contributed by atoms with Gasteiger partial charge in [0.2, 0.25) is 5.75 Å². The molecule has 1 fully saturated rings. The molecule has 166 valence electrons. The molecule has 2 amide bonds. The summed E-state index contributed by atoms with van der Waals surface area (Å²) in [6.07, 6.45) is 4.83. The van der Waals surface area contributed by atoms with Gasteiger partial charge in [-0.2, -0.15) is 0 Å². The summed E-state index contributed by atoms with van der Waals surface area (Å²) in [5.41, 5.74) is 0.690. The van der Waals surface area contributed by atoms with Crippen molar-refractivity contribution in [2.45, 2.75) is 19.8 Å². The van der Waals surface area contributed by atoms with E-state index in [4.69, 9.17) is 18.6 Å². The quantitative estimate of drug-likeness (QED) is 0.681. The van der Waals surface area contributed by atoms with Crippen molar-refractivity contribution < 1.29 is 28.2 Å². The summed E-state index contributed by atoms with van der Waals surface area (Å²) < 4.78 is 21.4. The number of nitrogens with one attached hydrogen (secondary N) is 1. The van der Waals surface area contributed by atoms with E-state index in [1.807, 2.05) is 0 Å². The topological polar surface area (TPSA) is 90.2 Å². The minimum Gasteiger partial charge on any atom is -0.493 e. The lowest BCUT2D eigenvalue weighted by Gasteiger charge is -2.31. The maximum absolute atomic E-state index is 13.3. The number of carbonyl (C=O) groups is 2. The molecule has 1 aliphatic heterocycles. The Morgan fingerprint density at radius 3 is 2.35 bits per heavy atom. The molecule has 1 aliphatic rings. The molecule has 1 N–H and O–H groups in total. The maximum Gasteiger partial charge on any atom is 0.291 e. The molecule has 2 heterocycles. The molecule has 8 nitrogen and oxygen atoms in total. The molecule has 1 aromatic carbocycles. The fraction of sp³-hybridized carbons (Fsp3) is 0.391. The molecule has 1 saturated heterocycles. The Hall–Kier alpha value is -3.42. The minimum atomic E-state index is -0.505. The number of nitrogens with zero attached hydrogens (tertiary/aromatic N) is 1. The van der Waals surface area contributed by atoms with Crippen LogP contribution in [0.2, 0.25) is 0 Å². The van der Waals surface area contributed by atoms with Crippen LogP contribution in [0.4, 0.5) is 0 Å². The summed E-state index contributed by atoms with van der Waals surface area (Å²) in [6.45, 7) is 3.44. The van der Waals surface area contributed by atoms with Crippen molar-refractivity contribution in [3.63, 3.8) is 0 Å². The van der Waals surface area contributed by atoms with Gasteiger partial charge in [0.05, 0.1) is 27.6 Å². The van der Waals surface area contributed by atoms with Gasteiger partial charge in [0.25, 0.3) is 11.8 Å². The fourth-order valence-electron chi connectivity index (χ4n) is 3.52. The maximum atomic E-state index is 13.3. The van der Waals surface area contributed by atoms with Crippen LogP contribution >= 0.6 is 0 Å². The summed E-state index contributed by atoms with van der Waals surface area (Å²) in [6, 6.07) is 6.61. The zero-order valence-corrected chi connectivity index (χ0v) is 18.3. The highest BCUT2D eigenvalue weighted by Gasteiger charge is 2.26. The molecule has 0 unspecified atom stereocenters. The summed E-state index contributed by atoms with van der Waals surface area (Å²) in [7, 11) is 4.54. The van der Waals surface area contributed by atoms with Crippen molar-refractivity contribution in [1.29, 1.82) is 0 Å². The average molecular weight is 428 g/mol. The van der Waals surface area contributed by atoms with Crippen molar-refractivity contribution in [3.05, 3.63) is 47.5 Å². The predicted octanol–water partition coefficient (Wildman–Crippen LogP) is 3.33. The van der Waals surface area contributed by atoms with Crippen LogP contribution in [0, 0.1) is 5.92 Å². The number of piperidine rings is 1. The van der Waals surface area contributed by atoms with Crippen LogP contribution in [0.15, 0.2) is 40.6 Å². The third kappa shape index (κ3) is 5.02. The standard InChI is InChI=1S/C23H28N2O6/c1-15-9-11-25(12-10-15)23(27)17(24-22(26)19-6-5-13-31-19)14-16-7-8-18(28-2)21(30-4)20(16)29-3/h5-8,13-15H,9-12H2,1-4H3,(H,24,26)/b17-14-. The molecule has 0 aliphatic carbocycles. The van der Waals surface area contributed by atoms with Gasteiger partial charge in [-0.25, -0.2) is 0 Å². The summed E-state index contributed by atoms with van der Waals surface area (Å²) in [4.78, 5) is 27.7. The SMILES string of the molecule is COc1ccc(/C=C(\NC(=O)c2ccco2)C(=O)N2CCC(C)CC2)c(OC)c1OC. The lowest BCUT2D eigenvalue weighted by Crippen LogP contribution is -2.42. The highest BCUT2D eigenvalue weighted by Crippen LogP contribution is 2.40. The number of benzene rings is 1. The first kappa shape index (κ1) is 22.3. The van der Waals surface area contributed by atoms with Gasteiger partial charge in [0, 0.05) is 18.7 Å². The number of rotatable bonds is 7. The second-order valence-corrected chi connectivity index (χ2v) is 7.39. The Labute approximate surface area is 181 Å². The van der Waals surface area contributed by atoms with Gasteiger partial charge in [0.1, 0.15) is 5.70 Å². The van der Waals surface area contributed by atoms with Gasteiger partial charge in [0.15, 0.2) is 17.3 Å². The highest BCUT2D eigenvalue weighted by molar-refractivity contribution is 6.04. The molecular formula is C23H28N2O6. The molecule has 1 aromatic heterocycles. The third-order valence-electron chi connectivity index (χ3n) is 5.33. The number of furan rings is 1. The molecule has 0 bridgehead atoms. The lowest BCUT2D eigenvalue weighted by molar-refractivity contribution is -0.128. The third-order valence-corrected chi connectivity index (χ3v) is 5.33. The van der Waals surface area contributed by atoms with E-state index in [0.29, 0.717) is 41.8 Å². The molecule has 0 spiro atoms. The van der Waals surface area contributed by atoms with Gasteiger partial charge >= 0.3 is 0 Å². The number of amides is 2. The normalized spacial score (nSPS) is 14.8. The number of carbonyl (C=O) groups excluding carboxylic acids is 2. The largest absolute Gasteiger partial charge is 0.493 e. The van der Waals surface area contributed by atoms with Gasteiger partial charge in [-0.1, -0.05) is 6.92 Å². The molecule has 31 heavy (non-hydrogen) atoms. The lowest BCUT2D eigenvalue weighted by atomic mass is 9.99. The Bertz CT molecular complexity index is 943. The van der Waals surface area contributed by atoms with Crippen LogP contribution in [0.5, 0.6) is 17.2 Å². The first-order valence-corrected chi connectivity index (χ1v) is 10.1. The van der Waals surface area contributed by atoms with Crippen LogP contribution in [0.1, 0.15) is 35.9 Å². The Morgan fingerprint density at radius 2 is 1.77 bits per heavy atom. The van der Waals surface area contributed by atoms with E-state index in [0.717, 1.165) is 12.8 Å². The van der Waals surface area contributed by atoms with Gasteiger partial charge in [-0.15, -0.1) is 0 Å². The molecular weight excluding hydrogens is 400 g/mol. The highest BCUT2D eigenvalue weighted by atomic mass is 16.5. The number of hydrogen-bond donors (Lipinski definition) is 1. The van der Waals surface area contributed by atoms with Crippen LogP contribution in [0.3, 0.4) is 0 Å². The van der Waals surface area contributed by atoms with E-state index in [-0.39, 0.29) is 17.4 Å². The van der Waals surface area contributed by atoms with E-state index < -0.39 is 5.91 Å². The molecule has 0 radical (unpaired) electrons. The van der Waals surface area contributed by atoms with Crippen LogP contribution in [-0.4, -0.2) is 51.1 Å². The van der Waals surface area contributed by atoms with Gasteiger partial charge in [-0.05, 0) is 49.1 Å². The molecule has 0 atom stereocenters. The van der Waals surface area contributed by atoms with E-state index in [1.165, 1.54) is 33.7 Å². The van der Waals surface area contributed by atoms with Gasteiger partial charge < -0.3 is 28.8 Å². The van der Waals surface area contributed by atoms with Crippen molar-refractivity contribution in [2.75, 3.05) is 34.4 Å².